The Labute approximate surface area is 117 Å². The van der Waals surface area contributed by atoms with Crippen LogP contribution in [0.1, 0.15) is 39.5 Å². The van der Waals surface area contributed by atoms with Crippen LogP contribution in [0.25, 0.3) is 0 Å². The molecule has 0 aliphatic carbocycles. The van der Waals surface area contributed by atoms with Gasteiger partial charge in [-0.25, -0.2) is 0 Å². The predicted molar refractivity (Wildman–Crippen MR) is 78.1 cm³/mol. The van der Waals surface area contributed by atoms with Crippen LogP contribution in [0.2, 0.25) is 0 Å². The molecule has 4 nitrogen and oxygen atoms in total. The van der Waals surface area contributed by atoms with E-state index in [1.165, 1.54) is 12.8 Å². The summed E-state index contributed by atoms with van der Waals surface area (Å²) in [5, 5.41) is 3.39. The van der Waals surface area contributed by atoms with Crippen molar-refractivity contribution in [3.63, 3.8) is 0 Å². The highest BCUT2D eigenvalue weighted by Gasteiger charge is 2.32. The number of piperazine rings is 1. The monoisotopic (exact) mass is 267 g/mol. The van der Waals surface area contributed by atoms with E-state index >= 15 is 0 Å². The second-order valence-corrected chi connectivity index (χ2v) is 5.89. The van der Waals surface area contributed by atoms with Crippen LogP contribution in [0.15, 0.2) is 0 Å². The Morgan fingerprint density at radius 2 is 1.89 bits per heavy atom. The van der Waals surface area contributed by atoms with E-state index < -0.39 is 0 Å². The maximum Gasteiger partial charge on any atom is 0.225 e. The number of hydrogen-bond donors (Lipinski definition) is 1. The van der Waals surface area contributed by atoms with Gasteiger partial charge in [-0.15, -0.1) is 0 Å². The molecule has 110 valence electrons. The van der Waals surface area contributed by atoms with E-state index in [1.54, 1.807) is 0 Å². The van der Waals surface area contributed by atoms with E-state index in [-0.39, 0.29) is 5.92 Å². The van der Waals surface area contributed by atoms with Gasteiger partial charge < -0.3 is 10.2 Å². The summed E-state index contributed by atoms with van der Waals surface area (Å²) < 4.78 is 0. The topological polar surface area (TPSA) is 35.6 Å². The van der Waals surface area contributed by atoms with Gasteiger partial charge >= 0.3 is 0 Å². The van der Waals surface area contributed by atoms with Gasteiger partial charge in [0.05, 0.1) is 0 Å². The van der Waals surface area contributed by atoms with Crippen molar-refractivity contribution in [3.8, 4) is 0 Å². The lowest BCUT2D eigenvalue weighted by Crippen LogP contribution is -2.50. The van der Waals surface area contributed by atoms with Crippen molar-refractivity contribution in [1.82, 2.24) is 15.1 Å². The third-order valence-electron chi connectivity index (χ3n) is 4.67. The summed E-state index contributed by atoms with van der Waals surface area (Å²) in [6.45, 7) is 10.8. The summed E-state index contributed by atoms with van der Waals surface area (Å²) >= 11 is 0. The molecule has 2 heterocycles. The Hall–Kier alpha value is -0.610. The summed E-state index contributed by atoms with van der Waals surface area (Å²) in [6, 6.07) is 0.464. The van der Waals surface area contributed by atoms with Gasteiger partial charge in [-0.3, -0.25) is 9.69 Å². The molecule has 1 amide bonds. The first-order valence-corrected chi connectivity index (χ1v) is 7.99. The van der Waals surface area contributed by atoms with Gasteiger partial charge in [-0.05, 0) is 25.7 Å². The van der Waals surface area contributed by atoms with E-state index in [1.807, 2.05) is 0 Å². The standard InChI is InChI=1S/C15H29N3O/c1-3-13(4-2)15(19)18-9-5-6-14(18)12-17-10-7-16-8-11-17/h13-14,16H,3-12H2,1-2H3. The minimum Gasteiger partial charge on any atom is -0.338 e. The Morgan fingerprint density at radius 3 is 2.53 bits per heavy atom. The molecular formula is C15H29N3O. The molecule has 1 unspecified atom stereocenters. The average molecular weight is 267 g/mol. The summed E-state index contributed by atoms with van der Waals surface area (Å²) in [6.07, 6.45) is 4.33. The van der Waals surface area contributed by atoms with E-state index in [0.29, 0.717) is 11.9 Å². The van der Waals surface area contributed by atoms with Crippen LogP contribution < -0.4 is 5.32 Å². The molecule has 4 heteroatoms. The lowest BCUT2D eigenvalue weighted by atomic mass is 10.0. The summed E-state index contributed by atoms with van der Waals surface area (Å²) in [5.41, 5.74) is 0. The van der Waals surface area contributed by atoms with Crippen molar-refractivity contribution in [3.05, 3.63) is 0 Å². The first kappa shape index (κ1) is 14.8. The van der Waals surface area contributed by atoms with Crippen molar-refractivity contribution >= 4 is 5.91 Å². The van der Waals surface area contributed by atoms with E-state index in [9.17, 15) is 4.79 Å². The first-order valence-electron chi connectivity index (χ1n) is 7.99. The molecule has 0 aromatic heterocycles. The van der Waals surface area contributed by atoms with Crippen LogP contribution in [-0.2, 0) is 4.79 Å². The van der Waals surface area contributed by atoms with E-state index in [0.717, 1.165) is 52.1 Å². The third kappa shape index (κ3) is 3.69. The Balaban J connectivity index is 1.90. The first-order chi connectivity index (χ1) is 9.26. The molecular weight excluding hydrogens is 238 g/mol. The minimum absolute atomic E-state index is 0.239. The number of carbonyl (C=O) groups is 1. The quantitative estimate of drug-likeness (QED) is 0.816. The Morgan fingerprint density at radius 1 is 1.21 bits per heavy atom. The lowest BCUT2D eigenvalue weighted by molar-refractivity contribution is -0.137. The molecule has 1 N–H and O–H groups in total. The molecule has 0 aromatic carbocycles. The fourth-order valence-electron chi connectivity index (χ4n) is 3.38. The Kier molecular flexibility index (Phi) is 5.64. The van der Waals surface area contributed by atoms with Crippen LogP contribution in [0, 0.1) is 5.92 Å². The van der Waals surface area contributed by atoms with Crippen molar-refractivity contribution in [2.45, 2.75) is 45.6 Å². The maximum atomic E-state index is 12.6. The van der Waals surface area contributed by atoms with Gasteiger partial charge in [0.25, 0.3) is 0 Å². The van der Waals surface area contributed by atoms with Gasteiger partial charge in [0.2, 0.25) is 5.91 Å². The molecule has 2 aliphatic heterocycles. The number of amides is 1. The fraction of sp³-hybridized carbons (Fsp3) is 0.933. The highest BCUT2D eigenvalue weighted by Crippen LogP contribution is 2.23. The predicted octanol–water partition coefficient (Wildman–Crippen LogP) is 1.32. The molecule has 2 rings (SSSR count). The normalized spacial score (nSPS) is 25.2. The van der Waals surface area contributed by atoms with Crippen molar-refractivity contribution < 1.29 is 4.79 Å². The largest absolute Gasteiger partial charge is 0.338 e. The van der Waals surface area contributed by atoms with Gasteiger partial charge in [-0.2, -0.15) is 0 Å². The number of rotatable bonds is 5. The smallest absolute Gasteiger partial charge is 0.225 e. The fourth-order valence-corrected chi connectivity index (χ4v) is 3.38. The van der Waals surface area contributed by atoms with Gasteiger partial charge in [0, 0.05) is 51.2 Å². The molecule has 0 aromatic rings. The van der Waals surface area contributed by atoms with Crippen LogP contribution in [0.3, 0.4) is 0 Å². The van der Waals surface area contributed by atoms with Crippen molar-refractivity contribution in [2.75, 3.05) is 39.3 Å². The van der Waals surface area contributed by atoms with E-state index in [2.05, 4.69) is 29.0 Å². The van der Waals surface area contributed by atoms with Crippen molar-refractivity contribution in [2.24, 2.45) is 5.92 Å². The maximum absolute atomic E-state index is 12.6. The summed E-state index contributed by atoms with van der Waals surface area (Å²) in [4.78, 5) is 17.2. The second-order valence-electron chi connectivity index (χ2n) is 5.89. The molecule has 0 spiro atoms. The zero-order valence-electron chi connectivity index (χ0n) is 12.5. The van der Waals surface area contributed by atoms with Crippen LogP contribution in [0.5, 0.6) is 0 Å². The molecule has 2 aliphatic rings. The highest BCUT2D eigenvalue weighted by atomic mass is 16.2. The number of carbonyl (C=O) groups excluding carboxylic acids is 1. The number of hydrogen-bond acceptors (Lipinski definition) is 3. The van der Waals surface area contributed by atoms with Gasteiger partial charge in [-0.1, -0.05) is 13.8 Å². The van der Waals surface area contributed by atoms with Crippen LogP contribution in [0.4, 0.5) is 0 Å². The summed E-state index contributed by atoms with van der Waals surface area (Å²) in [7, 11) is 0. The minimum atomic E-state index is 0.239. The third-order valence-corrected chi connectivity index (χ3v) is 4.67. The molecule has 0 radical (unpaired) electrons. The highest BCUT2D eigenvalue weighted by molar-refractivity contribution is 5.79. The molecule has 1 atom stereocenters. The van der Waals surface area contributed by atoms with Gasteiger partial charge in [0.1, 0.15) is 0 Å². The number of likely N-dealkylation sites (tertiary alicyclic amines) is 1. The molecule has 2 saturated heterocycles. The Bertz CT molecular complexity index is 285. The zero-order valence-corrected chi connectivity index (χ0v) is 12.5. The van der Waals surface area contributed by atoms with Crippen molar-refractivity contribution in [1.29, 1.82) is 0 Å². The number of nitrogens with zero attached hydrogens (tertiary/aromatic N) is 2. The average Bonchev–Trinajstić information content (AvgIpc) is 2.89. The second kappa shape index (κ2) is 7.25. The van der Waals surface area contributed by atoms with Gasteiger partial charge in [0.15, 0.2) is 0 Å². The molecule has 2 fully saturated rings. The van der Waals surface area contributed by atoms with Crippen LogP contribution in [-0.4, -0.2) is 61.0 Å². The zero-order chi connectivity index (χ0) is 13.7. The van der Waals surface area contributed by atoms with E-state index in [4.69, 9.17) is 0 Å². The lowest BCUT2D eigenvalue weighted by Gasteiger charge is -2.34. The molecule has 0 saturated carbocycles. The summed E-state index contributed by atoms with van der Waals surface area (Å²) in [5.74, 6) is 0.645. The number of nitrogens with one attached hydrogen (secondary N) is 1. The molecule has 0 bridgehead atoms. The SMILES string of the molecule is CCC(CC)C(=O)N1CCCC1CN1CCNCC1. The molecule has 19 heavy (non-hydrogen) atoms. The van der Waals surface area contributed by atoms with Crippen LogP contribution >= 0.6 is 0 Å².